The Balaban J connectivity index is 1.29. The van der Waals surface area contributed by atoms with Crippen molar-refractivity contribution < 1.29 is 8.83 Å². The predicted molar refractivity (Wildman–Crippen MR) is 197 cm³/mol. The molecule has 0 saturated heterocycles. The van der Waals surface area contributed by atoms with Crippen LogP contribution in [0.4, 0.5) is 5.69 Å². The number of nitrogen functional groups attached to an aromatic ring is 1. The van der Waals surface area contributed by atoms with Gasteiger partial charge in [0.05, 0.1) is 0 Å². The summed E-state index contributed by atoms with van der Waals surface area (Å²) in [5.41, 5.74) is 17.6. The van der Waals surface area contributed by atoms with Gasteiger partial charge in [0, 0.05) is 27.2 Å². The third kappa shape index (κ3) is 3.93. The van der Waals surface area contributed by atoms with Gasteiger partial charge in [0.2, 0.25) is 0 Å². The molecule has 0 bridgehead atoms. The molecule has 0 fully saturated rings. The van der Waals surface area contributed by atoms with E-state index in [2.05, 4.69) is 115 Å². The van der Waals surface area contributed by atoms with Gasteiger partial charge in [-0.2, -0.15) is 0 Å². The molecule has 0 amide bonds. The Morgan fingerprint density at radius 1 is 0.319 bits per heavy atom. The highest BCUT2D eigenvalue weighted by atomic mass is 16.3. The van der Waals surface area contributed by atoms with Crippen molar-refractivity contribution in [3.63, 3.8) is 0 Å². The average molecular weight is 602 g/mol. The topological polar surface area (TPSA) is 52.3 Å². The summed E-state index contributed by atoms with van der Waals surface area (Å²) in [4.78, 5) is 0. The number of hydrogen-bond donors (Lipinski definition) is 1. The zero-order valence-corrected chi connectivity index (χ0v) is 25.3. The minimum Gasteiger partial charge on any atom is -0.456 e. The molecule has 0 atom stereocenters. The Morgan fingerprint density at radius 3 is 1.36 bits per heavy atom. The van der Waals surface area contributed by atoms with Crippen LogP contribution in [-0.4, -0.2) is 0 Å². The quantitative estimate of drug-likeness (QED) is 0.162. The lowest BCUT2D eigenvalue weighted by Crippen LogP contribution is -1.92. The van der Waals surface area contributed by atoms with E-state index < -0.39 is 0 Å². The SMILES string of the molecule is Nc1cccc(-c2c3cccc(-c4ccc5oc6ccccc6c5c4)c3cc3c(-c4ccc5oc6ccccc6c5c4)cccc23)c1. The van der Waals surface area contributed by atoms with Gasteiger partial charge in [-0.15, -0.1) is 0 Å². The lowest BCUT2D eigenvalue weighted by Gasteiger charge is -2.17. The van der Waals surface area contributed by atoms with Crippen LogP contribution in [0.3, 0.4) is 0 Å². The van der Waals surface area contributed by atoms with Crippen molar-refractivity contribution >= 4 is 71.1 Å². The normalized spacial score (nSPS) is 11.9. The third-order valence-corrected chi connectivity index (χ3v) is 9.59. The van der Waals surface area contributed by atoms with Gasteiger partial charge in [-0.25, -0.2) is 0 Å². The summed E-state index contributed by atoms with van der Waals surface area (Å²) in [6, 6.07) is 53.4. The number of benzene rings is 8. The first-order valence-corrected chi connectivity index (χ1v) is 15.9. The molecule has 8 aromatic carbocycles. The molecule has 10 rings (SSSR count). The van der Waals surface area contributed by atoms with Crippen LogP contribution in [0, 0.1) is 0 Å². The molecule has 220 valence electrons. The van der Waals surface area contributed by atoms with E-state index in [-0.39, 0.29) is 0 Å². The molecule has 2 heterocycles. The van der Waals surface area contributed by atoms with E-state index in [0.717, 1.165) is 66.3 Å². The van der Waals surface area contributed by atoms with Crippen LogP contribution < -0.4 is 5.73 Å². The largest absolute Gasteiger partial charge is 0.456 e. The number of fused-ring (bicyclic) bond motifs is 8. The first-order valence-electron chi connectivity index (χ1n) is 15.9. The number of furan rings is 2. The smallest absolute Gasteiger partial charge is 0.135 e. The van der Waals surface area contributed by atoms with Gasteiger partial charge in [-0.3, -0.25) is 0 Å². The van der Waals surface area contributed by atoms with E-state index in [4.69, 9.17) is 14.6 Å². The summed E-state index contributed by atoms with van der Waals surface area (Å²) in [5, 5.41) is 9.23. The monoisotopic (exact) mass is 601 g/mol. The van der Waals surface area contributed by atoms with E-state index in [1.807, 2.05) is 36.4 Å². The Hall–Kier alpha value is -6.32. The lowest BCUT2D eigenvalue weighted by atomic mass is 9.86. The maximum Gasteiger partial charge on any atom is 0.135 e. The van der Waals surface area contributed by atoms with Crippen LogP contribution in [0.1, 0.15) is 0 Å². The highest BCUT2D eigenvalue weighted by molar-refractivity contribution is 6.20. The Bertz CT molecular complexity index is 2700. The molecule has 0 unspecified atom stereocenters. The molecule has 0 spiro atoms. The minimum absolute atomic E-state index is 0.745. The first-order chi connectivity index (χ1) is 23.2. The van der Waals surface area contributed by atoms with Crippen molar-refractivity contribution in [1.82, 2.24) is 0 Å². The van der Waals surface area contributed by atoms with E-state index >= 15 is 0 Å². The second-order valence-electron chi connectivity index (χ2n) is 12.3. The second-order valence-corrected chi connectivity index (χ2v) is 12.3. The molecule has 0 saturated carbocycles. The molecule has 3 heteroatoms. The highest BCUT2D eigenvalue weighted by Gasteiger charge is 2.18. The summed E-state index contributed by atoms with van der Waals surface area (Å²) in [6.45, 7) is 0. The fourth-order valence-corrected chi connectivity index (χ4v) is 7.46. The van der Waals surface area contributed by atoms with Crippen LogP contribution in [0.15, 0.2) is 160 Å². The van der Waals surface area contributed by atoms with Crippen LogP contribution >= 0.6 is 0 Å². The molecule has 0 aliphatic carbocycles. The molecule has 0 aliphatic heterocycles. The van der Waals surface area contributed by atoms with E-state index in [9.17, 15) is 0 Å². The Labute approximate surface area is 270 Å². The zero-order chi connectivity index (χ0) is 31.1. The van der Waals surface area contributed by atoms with Gasteiger partial charge in [0.1, 0.15) is 22.3 Å². The van der Waals surface area contributed by atoms with Gasteiger partial charge in [0.25, 0.3) is 0 Å². The number of para-hydroxylation sites is 2. The zero-order valence-electron chi connectivity index (χ0n) is 25.3. The molecular formula is C44H27NO2. The van der Waals surface area contributed by atoms with Crippen molar-refractivity contribution in [1.29, 1.82) is 0 Å². The van der Waals surface area contributed by atoms with Gasteiger partial charge >= 0.3 is 0 Å². The van der Waals surface area contributed by atoms with Crippen molar-refractivity contribution in [3.8, 4) is 33.4 Å². The van der Waals surface area contributed by atoms with Gasteiger partial charge in [-0.05, 0) is 110 Å². The fraction of sp³-hybridized carbons (Fsp3) is 0. The maximum atomic E-state index is 6.38. The van der Waals surface area contributed by atoms with E-state index in [1.54, 1.807) is 0 Å². The van der Waals surface area contributed by atoms with Crippen LogP contribution in [0.5, 0.6) is 0 Å². The van der Waals surface area contributed by atoms with E-state index in [0.29, 0.717) is 0 Å². The summed E-state index contributed by atoms with van der Waals surface area (Å²) in [7, 11) is 0. The van der Waals surface area contributed by atoms with Crippen LogP contribution in [0.25, 0.3) is 98.8 Å². The Morgan fingerprint density at radius 2 is 0.809 bits per heavy atom. The molecule has 2 aromatic heterocycles. The summed E-state index contributed by atoms with van der Waals surface area (Å²) in [5.74, 6) is 0. The molecule has 10 aromatic rings. The van der Waals surface area contributed by atoms with E-state index in [1.165, 1.54) is 38.2 Å². The maximum absolute atomic E-state index is 6.38. The summed E-state index contributed by atoms with van der Waals surface area (Å²) < 4.78 is 12.3. The molecule has 2 N–H and O–H groups in total. The number of rotatable bonds is 3. The molecule has 47 heavy (non-hydrogen) atoms. The van der Waals surface area contributed by atoms with Gasteiger partial charge < -0.3 is 14.6 Å². The molecular weight excluding hydrogens is 574 g/mol. The van der Waals surface area contributed by atoms with Gasteiger partial charge in [0.15, 0.2) is 0 Å². The van der Waals surface area contributed by atoms with Crippen molar-refractivity contribution in [2.75, 3.05) is 5.73 Å². The minimum atomic E-state index is 0.745. The molecule has 3 nitrogen and oxygen atoms in total. The average Bonchev–Trinajstić information content (AvgIpc) is 3.67. The van der Waals surface area contributed by atoms with Crippen molar-refractivity contribution in [2.45, 2.75) is 0 Å². The standard InChI is InChI=1S/C44H27NO2/c45-29-9-5-8-28(22-29)44-34-14-6-12-30(26-18-20-42-38(23-26)32-10-1-3-16-40(32)46-42)36(34)25-37-31(13-7-15-35(37)44)27-19-21-43-39(24-27)33-11-2-4-17-41(33)47-43/h1-25H,45H2. The summed E-state index contributed by atoms with van der Waals surface area (Å²) >= 11 is 0. The highest BCUT2D eigenvalue weighted by Crippen LogP contribution is 2.44. The number of anilines is 1. The van der Waals surface area contributed by atoms with Crippen LogP contribution in [-0.2, 0) is 0 Å². The van der Waals surface area contributed by atoms with Crippen molar-refractivity contribution in [2.24, 2.45) is 0 Å². The predicted octanol–water partition coefficient (Wildman–Crippen LogP) is 12.4. The first kappa shape index (κ1) is 26.0. The Kier molecular flexibility index (Phi) is 5.43. The lowest BCUT2D eigenvalue weighted by molar-refractivity contribution is 0.668. The summed E-state index contributed by atoms with van der Waals surface area (Å²) in [6.07, 6.45) is 0. The molecule has 0 radical (unpaired) electrons. The third-order valence-electron chi connectivity index (χ3n) is 9.59. The van der Waals surface area contributed by atoms with Gasteiger partial charge in [-0.1, -0.05) is 97.1 Å². The number of nitrogens with two attached hydrogens (primary N) is 1. The second kappa shape index (κ2) is 9.84. The number of hydrogen-bond acceptors (Lipinski definition) is 3. The molecule has 0 aliphatic rings. The van der Waals surface area contributed by atoms with Crippen molar-refractivity contribution in [3.05, 3.63) is 152 Å². The fourth-order valence-electron chi connectivity index (χ4n) is 7.46. The van der Waals surface area contributed by atoms with Crippen LogP contribution in [0.2, 0.25) is 0 Å².